The molecule has 2 unspecified atom stereocenters. The van der Waals surface area contributed by atoms with Gasteiger partial charge in [0.15, 0.2) is 11.5 Å². The number of carboxylic acids is 2. The molecule has 4 aliphatic rings. The van der Waals surface area contributed by atoms with E-state index in [1.54, 1.807) is 14.1 Å². The van der Waals surface area contributed by atoms with E-state index in [-0.39, 0.29) is 0 Å². The molecule has 66 heavy (non-hydrogen) atoms. The molecule has 2 aliphatic carbocycles. The maximum atomic E-state index is 10.9. The van der Waals surface area contributed by atoms with Crippen LogP contribution in [-0.4, -0.2) is 84.7 Å². The number of nitrogens with zero attached hydrogens (tertiary/aromatic N) is 2. The molecule has 11 nitrogen and oxygen atoms in total. The summed E-state index contributed by atoms with van der Waals surface area (Å²) >= 11 is 0. The third kappa shape index (κ3) is 24.6. The first-order chi connectivity index (χ1) is 32.4. The van der Waals surface area contributed by atoms with E-state index >= 15 is 0 Å². The molecular formula is C55H90N4O7. The topological polar surface area (TPSA) is 152 Å². The number of aromatic nitrogens is 2. The molecule has 0 spiro atoms. The molecule has 1 fully saturated rings. The van der Waals surface area contributed by atoms with Crippen molar-refractivity contribution in [3.8, 4) is 11.5 Å². The highest BCUT2D eigenvalue weighted by atomic mass is 16.6. The summed E-state index contributed by atoms with van der Waals surface area (Å²) in [5.74, 6) is 0.222. The quantitative estimate of drug-likeness (QED) is 0.0801. The molecule has 2 aromatic heterocycles. The molecule has 0 amide bonds. The van der Waals surface area contributed by atoms with Gasteiger partial charge in [-0.25, -0.2) is 0 Å². The number of fused-ring (bicyclic) bond motifs is 3. The Balaban J connectivity index is 0.000000322. The molecule has 4 heterocycles. The predicted octanol–water partition coefficient (Wildman–Crippen LogP) is 11.7. The third-order valence-electron chi connectivity index (χ3n) is 12.1. The van der Waals surface area contributed by atoms with Gasteiger partial charge in [-0.05, 0) is 159 Å². The molecule has 2 atom stereocenters. The van der Waals surface area contributed by atoms with E-state index < -0.39 is 24.0 Å². The Labute approximate surface area is 400 Å². The number of carbonyl (C=O) groups is 2. The van der Waals surface area contributed by atoms with E-state index in [1.165, 1.54) is 130 Å². The second-order valence-electron chi connectivity index (χ2n) is 17.0. The maximum Gasteiger partial charge on any atom is 0.320 e. The Morgan fingerprint density at radius 1 is 0.515 bits per heavy atom. The normalized spacial score (nSPS) is 15.2. The first kappa shape index (κ1) is 58.1. The molecule has 1 aromatic carbocycles. The van der Waals surface area contributed by atoms with Gasteiger partial charge >= 0.3 is 11.9 Å². The van der Waals surface area contributed by atoms with Gasteiger partial charge in [-0.1, -0.05) is 103 Å². The number of aryl methyl sites for hydroxylation is 6. The fraction of sp³-hybridized carbons (Fsp3) is 0.673. The van der Waals surface area contributed by atoms with E-state index in [1.807, 2.05) is 52.0 Å². The summed E-state index contributed by atoms with van der Waals surface area (Å²) in [5, 5.41) is 23.6. The van der Waals surface area contributed by atoms with Gasteiger partial charge in [-0.3, -0.25) is 19.6 Å². The molecule has 0 saturated carbocycles. The van der Waals surface area contributed by atoms with Crippen LogP contribution < -0.4 is 20.1 Å². The van der Waals surface area contributed by atoms with E-state index in [2.05, 4.69) is 34.9 Å². The van der Waals surface area contributed by atoms with Gasteiger partial charge in [0.2, 0.25) is 0 Å². The maximum absolute atomic E-state index is 10.9. The summed E-state index contributed by atoms with van der Waals surface area (Å²) in [6.07, 6.45) is 28.7. The Bertz CT molecular complexity index is 1570. The number of pyridine rings is 2. The zero-order valence-corrected chi connectivity index (χ0v) is 42.1. The van der Waals surface area contributed by atoms with Crippen LogP contribution in [0.4, 0.5) is 0 Å². The lowest BCUT2D eigenvalue weighted by molar-refractivity contribution is -0.140. The summed E-state index contributed by atoms with van der Waals surface area (Å²) < 4.78 is 15.7. The van der Waals surface area contributed by atoms with Gasteiger partial charge in [-0.15, -0.1) is 0 Å². The van der Waals surface area contributed by atoms with Crippen molar-refractivity contribution in [2.24, 2.45) is 0 Å². The molecule has 3 aromatic rings. The average molecular weight is 919 g/mol. The van der Waals surface area contributed by atoms with Crippen molar-refractivity contribution in [1.82, 2.24) is 20.6 Å². The Hall–Kier alpha value is -4.06. The first-order valence-electron chi connectivity index (χ1n) is 26.1. The molecule has 372 valence electrons. The molecule has 4 N–H and O–H groups in total. The summed E-state index contributed by atoms with van der Waals surface area (Å²) in [6.45, 7) is 11.3. The smallest absolute Gasteiger partial charge is 0.320 e. The number of nitrogens with one attached hydrogen (secondary N) is 2. The summed E-state index contributed by atoms with van der Waals surface area (Å²) in [7, 11) is 3.43. The minimum absolute atomic E-state index is 0.394. The molecule has 11 heteroatoms. The summed E-state index contributed by atoms with van der Waals surface area (Å²) in [5.41, 5.74) is 8.06. The minimum atomic E-state index is -0.744. The fourth-order valence-electron chi connectivity index (χ4n) is 8.36. The van der Waals surface area contributed by atoms with Gasteiger partial charge in [0, 0.05) is 36.0 Å². The molecule has 0 bridgehead atoms. The predicted molar refractivity (Wildman–Crippen MR) is 270 cm³/mol. The second-order valence-corrected chi connectivity index (χ2v) is 17.0. The first-order valence-corrected chi connectivity index (χ1v) is 26.1. The number of ether oxygens (including phenoxy) is 3. The lowest BCUT2D eigenvalue weighted by Gasteiger charge is -2.17. The van der Waals surface area contributed by atoms with Crippen molar-refractivity contribution in [3.63, 3.8) is 0 Å². The number of hydrogen-bond acceptors (Lipinski definition) is 9. The van der Waals surface area contributed by atoms with Crippen molar-refractivity contribution >= 4 is 11.9 Å². The van der Waals surface area contributed by atoms with Gasteiger partial charge < -0.3 is 35.1 Å². The molecule has 0 radical (unpaired) electrons. The Morgan fingerprint density at radius 3 is 1.27 bits per heavy atom. The van der Waals surface area contributed by atoms with Crippen molar-refractivity contribution in [2.75, 3.05) is 40.5 Å². The highest BCUT2D eigenvalue weighted by Crippen LogP contribution is 2.28. The fourth-order valence-corrected chi connectivity index (χ4v) is 8.36. The van der Waals surface area contributed by atoms with Crippen LogP contribution in [0.3, 0.4) is 0 Å². The molecule has 1 saturated heterocycles. The van der Waals surface area contributed by atoms with Crippen LogP contribution in [0.5, 0.6) is 11.5 Å². The number of hydrogen-bond donors (Lipinski definition) is 4. The van der Waals surface area contributed by atoms with Crippen LogP contribution in [0.25, 0.3) is 0 Å². The SMILES string of the molecule is C1CCOCC1.CC.CC.CNC(CCCCCCCc1ccc2c(n1)CCCC2)C(=O)O.CNC(CCCCCCCc1ccc2c(n1)CCCC2)C(=O)O.c1ccc2c(c1)OCCO2. The van der Waals surface area contributed by atoms with Crippen molar-refractivity contribution in [1.29, 1.82) is 0 Å². The van der Waals surface area contributed by atoms with Gasteiger partial charge in [0.05, 0.1) is 0 Å². The largest absolute Gasteiger partial charge is 0.486 e. The van der Waals surface area contributed by atoms with E-state index in [0.717, 1.165) is 88.9 Å². The van der Waals surface area contributed by atoms with Crippen LogP contribution in [-0.2, 0) is 52.9 Å². The number of rotatable bonds is 20. The average Bonchev–Trinajstić information content (AvgIpc) is 3.37. The number of para-hydroxylation sites is 2. The van der Waals surface area contributed by atoms with Crippen molar-refractivity contribution in [3.05, 3.63) is 82.4 Å². The molecular weight excluding hydrogens is 829 g/mol. The van der Waals surface area contributed by atoms with Crippen molar-refractivity contribution < 1.29 is 34.0 Å². The summed E-state index contributed by atoms with van der Waals surface area (Å²) in [4.78, 5) is 31.4. The molecule has 7 rings (SSSR count). The zero-order valence-electron chi connectivity index (χ0n) is 42.1. The van der Waals surface area contributed by atoms with Crippen LogP contribution in [0.1, 0.15) is 184 Å². The van der Waals surface area contributed by atoms with E-state index in [0.29, 0.717) is 13.2 Å². The monoisotopic (exact) mass is 919 g/mol. The van der Waals surface area contributed by atoms with E-state index in [9.17, 15) is 9.59 Å². The second kappa shape index (κ2) is 38.0. The van der Waals surface area contributed by atoms with Gasteiger partial charge in [-0.2, -0.15) is 0 Å². The van der Waals surface area contributed by atoms with Crippen LogP contribution in [0.15, 0.2) is 48.5 Å². The number of likely N-dealkylation sites (N-methyl/N-ethyl adjacent to an activating group) is 2. The van der Waals surface area contributed by atoms with Gasteiger partial charge in [0.25, 0.3) is 0 Å². The Morgan fingerprint density at radius 2 is 0.909 bits per heavy atom. The highest BCUT2D eigenvalue weighted by molar-refractivity contribution is 5.73. The molecule has 2 aliphatic heterocycles. The number of carboxylic acid groups (broad SMARTS) is 2. The van der Waals surface area contributed by atoms with Crippen LogP contribution >= 0.6 is 0 Å². The minimum Gasteiger partial charge on any atom is -0.486 e. The Kier molecular flexibility index (Phi) is 33.4. The van der Waals surface area contributed by atoms with Gasteiger partial charge in [0.1, 0.15) is 25.3 Å². The highest BCUT2D eigenvalue weighted by Gasteiger charge is 2.16. The lowest BCUT2D eigenvalue weighted by Crippen LogP contribution is -2.33. The van der Waals surface area contributed by atoms with Crippen LogP contribution in [0, 0.1) is 0 Å². The standard InChI is InChI=1S/2C19H30N2O2.C8H8O2.C5H10O.2C2H6/c2*1-20-18(19(22)23)12-6-4-2-3-5-10-16-14-13-15-9-7-8-11-17(15)21-16;1-2-4-8-7(3-1)9-5-6-10-8;1-2-4-6-5-3-1;2*1-2/h2*13-14,18,20H,2-12H2,1H3,(H,22,23);1-4H,5-6H2;1-5H2;2*1-2H3. The number of benzene rings is 1. The third-order valence-corrected chi connectivity index (χ3v) is 12.1. The summed E-state index contributed by atoms with van der Waals surface area (Å²) in [6, 6.07) is 15.9. The van der Waals surface area contributed by atoms with Crippen LogP contribution in [0.2, 0.25) is 0 Å². The van der Waals surface area contributed by atoms with E-state index in [4.69, 9.17) is 34.4 Å². The number of aliphatic carboxylic acids is 2. The zero-order chi connectivity index (χ0) is 48.0. The number of unbranched alkanes of at least 4 members (excludes halogenated alkanes) is 8. The lowest BCUT2D eigenvalue weighted by atomic mass is 9.95. The van der Waals surface area contributed by atoms with Crippen molar-refractivity contribution in [2.45, 2.75) is 200 Å².